The van der Waals surface area contributed by atoms with E-state index < -0.39 is 10.0 Å². The van der Waals surface area contributed by atoms with Gasteiger partial charge in [-0.05, 0) is 43.2 Å². The fourth-order valence-corrected chi connectivity index (χ4v) is 3.01. The molecule has 2 rings (SSSR count). The van der Waals surface area contributed by atoms with Crippen LogP contribution in [0.1, 0.15) is 11.3 Å². The maximum atomic E-state index is 12.0. The van der Waals surface area contributed by atoms with E-state index in [4.69, 9.17) is 11.6 Å². The van der Waals surface area contributed by atoms with Crippen LogP contribution < -0.4 is 4.72 Å². The monoisotopic (exact) mass is 311 g/mol. The molecule has 0 aliphatic heterocycles. The second-order valence-electron chi connectivity index (χ2n) is 4.29. The molecule has 0 fully saturated rings. The summed E-state index contributed by atoms with van der Waals surface area (Å²) in [5.41, 5.74) is 1.92. The second-order valence-corrected chi connectivity index (χ2v) is 6.52. The number of aromatic nitrogens is 2. The highest BCUT2D eigenvalue weighted by molar-refractivity contribution is 7.92. The molecule has 0 amide bonds. The van der Waals surface area contributed by atoms with Crippen LogP contribution in [0.4, 0.5) is 5.69 Å². The summed E-state index contributed by atoms with van der Waals surface area (Å²) in [4.78, 5) is 7.90. The van der Waals surface area contributed by atoms with Crippen molar-refractivity contribution >= 4 is 27.3 Å². The van der Waals surface area contributed by atoms with Gasteiger partial charge in [0.15, 0.2) is 0 Å². The number of anilines is 1. The zero-order valence-electron chi connectivity index (χ0n) is 10.9. The van der Waals surface area contributed by atoms with Crippen LogP contribution in [0.5, 0.6) is 0 Å². The lowest BCUT2D eigenvalue weighted by Crippen LogP contribution is -2.19. The molecular weight excluding hydrogens is 298 g/mol. The van der Waals surface area contributed by atoms with E-state index in [1.54, 1.807) is 43.6 Å². The van der Waals surface area contributed by atoms with Gasteiger partial charge in [-0.2, -0.15) is 0 Å². The third-order valence-corrected chi connectivity index (χ3v) is 4.21. The highest BCUT2D eigenvalue weighted by Gasteiger charge is 2.12. The molecule has 0 spiro atoms. The molecule has 1 N–H and O–H groups in total. The van der Waals surface area contributed by atoms with E-state index in [0.29, 0.717) is 23.0 Å². The summed E-state index contributed by atoms with van der Waals surface area (Å²) in [6.45, 7) is 1.70. The van der Waals surface area contributed by atoms with Crippen LogP contribution in [0.2, 0.25) is 5.15 Å². The lowest BCUT2D eigenvalue weighted by atomic mass is 10.2. The highest BCUT2D eigenvalue weighted by Crippen LogP contribution is 2.17. The van der Waals surface area contributed by atoms with E-state index in [-0.39, 0.29) is 5.75 Å². The number of nitrogens with one attached hydrogen (secondary N) is 1. The van der Waals surface area contributed by atoms with Gasteiger partial charge in [-0.1, -0.05) is 11.6 Å². The predicted octanol–water partition coefficient (Wildman–Crippen LogP) is 2.42. The topological polar surface area (TPSA) is 72.0 Å². The number of aryl methyl sites for hydroxylation is 2. The molecule has 0 saturated carbocycles. The Kier molecular flexibility index (Phi) is 4.57. The number of nitrogens with zero attached hydrogens (tertiary/aromatic N) is 2. The third kappa shape index (κ3) is 4.18. The zero-order chi connectivity index (χ0) is 14.6. The molecule has 2 heterocycles. The molecule has 0 radical (unpaired) electrons. The van der Waals surface area contributed by atoms with Crippen molar-refractivity contribution in [3.05, 3.63) is 53.1 Å². The molecule has 20 heavy (non-hydrogen) atoms. The first kappa shape index (κ1) is 14.7. The maximum Gasteiger partial charge on any atom is 0.233 e. The van der Waals surface area contributed by atoms with Crippen molar-refractivity contribution in [2.75, 3.05) is 10.5 Å². The van der Waals surface area contributed by atoms with E-state index in [2.05, 4.69) is 14.7 Å². The van der Waals surface area contributed by atoms with Gasteiger partial charge in [0.1, 0.15) is 5.15 Å². The van der Waals surface area contributed by atoms with Gasteiger partial charge >= 0.3 is 0 Å². The molecule has 0 aliphatic carbocycles. The molecule has 0 atom stereocenters. The van der Waals surface area contributed by atoms with Gasteiger partial charge in [-0.15, -0.1) is 0 Å². The second kappa shape index (κ2) is 6.19. The van der Waals surface area contributed by atoms with Crippen molar-refractivity contribution in [3.63, 3.8) is 0 Å². The lowest BCUT2D eigenvalue weighted by Gasteiger charge is -2.10. The Morgan fingerprint density at radius 2 is 1.90 bits per heavy atom. The van der Waals surface area contributed by atoms with Crippen molar-refractivity contribution in [1.82, 2.24) is 9.97 Å². The summed E-state index contributed by atoms with van der Waals surface area (Å²) in [6.07, 6.45) is 3.71. The minimum atomic E-state index is -3.42. The summed E-state index contributed by atoms with van der Waals surface area (Å²) in [6, 6.07) is 6.75. The third-order valence-electron chi connectivity index (χ3n) is 2.73. The first-order valence-corrected chi connectivity index (χ1v) is 8.02. The van der Waals surface area contributed by atoms with Crippen molar-refractivity contribution in [1.29, 1.82) is 0 Å². The Labute approximate surface area is 123 Å². The number of rotatable bonds is 5. The molecular formula is C13H14ClN3O2S. The van der Waals surface area contributed by atoms with E-state index in [1.165, 1.54) is 0 Å². The minimum Gasteiger partial charge on any atom is -0.282 e. The number of sulfonamides is 1. The van der Waals surface area contributed by atoms with Crippen LogP contribution in [-0.2, 0) is 16.4 Å². The molecule has 0 saturated heterocycles. The Balaban J connectivity index is 2.04. The quantitative estimate of drug-likeness (QED) is 0.861. The van der Waals surface area contributed by atoms with Gasteiger partial charge in [-0.25, -0.2) is 13.4 Å². The molecule has 5 nitrogen and oxygen atoms in total. The van der Waals surface area contributed by atoms with Crippen molar-refractivity contribution in [2.45, 2.75) is 13.3 Å². The minimum absolute atomic E-state index is 0.000913. The van der Waals surface area contributed by atoms with E-state index in [1.807, 2.05) is 0 Å². The summed E-state index contributed by atoms with van der Waals surface area (Å²) >= 11 is 5.74. The van der Waals surface area contributed by atoms with Crippen LogP contribution in [0.3, 0.4) is 0 Å². The van der Waals surface area contributed by atoms with Crippen molar-refractivity contribution in [2.24, 2.45) is 0 Å². The number of hydrogen-bond donors (Lipinski definition) is 1. The Morgan fingerprint density at radius 1 is 1.20 bits per heavy atom. The largest absolute Gasteiger partial charge is 0.282 e. The first-order valence-electron chi connectivity index (χ1n) is 5.99. The van der Waals surface area contributed by atoms with Crippen LogP contribution in [0, 0.1) is 6.92 Å². The molecule has 0 bridgehead atoms. The smallest absolute Gasteiger partial charge is 0.233 e. The fraction of sp³-hybridized carbons (Fsp3) is 0.231. The van der Waals surface area contributed by atoms with Gasteiger partial charge in [0.05, 0.1) is 17.1 Å². The van der Waals surface area contributed by atoms with Crippen LogP contribution in [0.15, 0.2) is 36.7 Å². The van der Waals surface area contributed by atoms with Gasteiger partial charge in [0, 0.05) is 12.4 Å². The Hall–Kier alpha value is -1.66. The van der Waals surface area contributed by atoms with Gasteiger partial charge in [0.2, 0.25) is 10.0 Å². The molecule has 106 valence electrons. The number of pyridine rings is 2. The summed E-state index contributed by atoms with van der Waals surface area (Å²) in [5.74, 6) is -0.000913. The number of hydrogen-bond acceptors (Lipinski definition) is 4. The van der Waals surface area contributed by atoms with Crippen LogP contribution >= 0.6 is 11.6 Å². The van der Waals surface area contributed by atoms with Crippen molar-refractivity contribution in [3.8, 4) is 0 Å². The molecule has 2 aromatic heterocycles. The van der Waals surface area contributed by atoms with E-state index in [0.717, 1.165) is 5.56 Å². The first-order chi connectivity index (χ1) is 9.46. The summed E-state index contributed by atoms with van der Waals surface area (Å²) in [5, 5.41) is 0.335. The standard InChI is InChI=1S/C13H14ClN3O2S/c1-10-12(2-3-13(14)16-10)17-20(18,19)9-6-11-4-7-15-8-5-11/h2-5,7-8,17H,6,9H2,1H3. The molecule has 0 aromatic carbocycles. The zero-order valence-corrected chi connectivity index (χ0v) is 12.4. The molecule has 0 unspecified atom stereocenters. The molecule has 2 aromatic rings. The average Bonchev–Trinajstić information content (AvgIpc) is 2.41. The molecule has 7 heteroatoms. The summed E-state index contributed by atoms with van der Waals surface area (Å²) < 4.78 is 26.6. The normalized spacial score (nSPS) is 11.3. The number of halogens is 1. The SMILES string of the molecule is Cc1nc(Cl)ccc1NS(=O)(=O)CCc1ccncc1. The van der Waals surface area contributed by atoms with Crippen LogP contribution in [0.25, 0.3) is 0 Å². The van der Waals surface area contributed by atoms with Gasteiger partial charge in [-0.3, -0.25) is 9.71 Å². The van der Waals surface area contributed by atoms with Crippen molar-refractivity contribution < 1.29 is 8.42 Å². The Bertz CT molecular complexity index is 690. The maximum absolute atomic E-state index is 12.0. The van der Waals surface area contributed by atoms with Crippen LogP contribution in [-0.4, -0.2) is 24.1 Å². The van der Waals surface area contributed by atoms with Gasteiger partial charge < -0.3 is 0 Å². The molecule has 0 aliphatic rings. The lowest BCUT2D eigenvalue weighted by molar-refractivity contribution is 0.600. The van der Waals surface area contributed by atoms with Gasteiger partial charge in [0.25, 0.3) is 0 Å². The van der Waals surface area contributed by atoms with E-state index >= 15 is 0 Å². The summed E-state index contributed by atoms with van der Waals surface area (Å²) in [7, 11) is -3.42. The highest BCUT2D eigenvalue weighted by atomic mass is 35.5. The predicted molar refractivity (Wildman–Crippen MR) is 79.3 cm³/mol. The average molecular weight is 312 g/mol. The fourth-order valence-electron chi connectivity index (χ4n) is 1.66. The Morgan fingerprint density at radius 3 is 2.55 bits per heavy atom. The van der Waals surface area contributed by atoms with E-state index in [9.17, 15) is 8.42 Å².